The summed E-state index contributed by atoms with van der Waals surface area (Å²) in [5.74, 6) is -0.539. The Hall–Kier alpha value is -4.89. The Morgan fingerprint density at radius 3 is 2.69 bits per heavy atom. The van der Waals surface area contributed by atoms with Gasteiger partial charge in [-0.2, -0.15) is 4.31 Å². The Labute approximate surface area is 257 Å². The van der Waals surface area contributed by atoms with Gasteiger partial charge in [-0.15, -0.1) is 0 Å². The highest BCUT2D eigenvalue weighted by molar-refractivity contribution is 7.89. The third kappa shape index (κ3) is 6.49. The van der Waals surface area contributed by atoms with E-state index in [4.69, 9.17) is 23.2 Å². The lowest BCUT2D eigenvalue weighted by Gasteiger charge is -2.37. The first-order valence-corrected chi connectivity index (χ1v) is 15.4. The molecule has 2 amide bonds. The molecule has 15 heteroatoms. The molecule has 0 radical (unpaired) electrons. The van der Waals surface area contributed by atoms with E-state index in [9.17, 15) is 22.4 Å². The van der Waals surface area contributed by atoms with Gasteiger partial charge in [-0.3, -0.25) is 9.59 Å². The zero-order valence-electron chi connectivity index (χ0n) is 24.2. The highest BCUT2D eigenvalue weighted by Gasteiger charge is 2.39. The average Bonchev–Trinajstić information content (AvgIpc) is 3.69. The van der Waals surface area contributed by atoms with E-state index in [-0.39, 0.29) is 59.7 Å². The van der Waals surface area contributed by atoms with Crippen LogP contribution in [0.15, 0.2) is 68.6 Å². The van der Waals surface area contributed by atoms with Crippen molar-refractivity contribution in [3.8, 4) is 28.8 Å². The molecule has 13 nitrogen and oxygen atoms in total. The molecule has 2 N–H and O–H groups in total. The Morgan fingerprint density at radius 1 is 1.07 bits per heavy atom. The minimum Gasteiger partial charge on any atom is -0.493 e. The Kier molecular flexibility index (Phi) is 8.20. The van der Waals surface area contributed by atoms with Crippen LogP contribution in [0.2, 0.25) is 0 Å². The second-order valence-corrected chi connectivity index (χ2v) is 12.4. The molecule has 1 saturated heterocycles. The Bertz CT molecular complexity index is 1860. The first-order chi connectivity index (χ1) is 21.6. The van der Waals surface area contributed by atoms with Gasteiger partial charge in [0.05, 0.1) is 18.8 Å². The van der Waals surface area contributed by atoms with E-state index in [1.54, 1.807) is 19.1 Å². The predicted octanol–water partition coefficient (Wildman–Crippen LogP) is 3.04. The summed E-state index contributed by atoms with van der Waals surface area (Å²) in [6, 6.07) is 12.1. The number of aromatic nitrogens is 1. The van der Waals surface area contributed by atoms with Crippen LogP contribution in [0.4, 0.5) is 4.39 Å². The van der Waals surface area contributed by atoms with Gasteiger partial charge in [-0.25, -0.2) is 12.8 Å². The molecule has 2 aliphatic rings. The van der Waals surface area contributed by atoms with Crippen LogP contribution in [0.3, 0.4) is 0 Å². The van der Waals surface area contributed by atoms with Gasteiger partial charge in [0.15, 0.2) is 23.9 Å². The second-order valence-electron chi connectivity index (χ2n) is 10.6. The Balaban J connectivity index is 1.28. The summed E-state index contributed by atoms with van der Waals surface area (Å²) >= 11 is 0. The number of piperidine rings is 1. The summed E-state index contributed by atoms with van der Waals surface area (Å²) in [4.78, 5) is 25.9. The van der Waals surface area contributed by atoms with Gasteiger partial charge in [0, 0.05) is 43.8 Å². The minimum atomic E-state index is -4.14. The molecule has 4 heterocycles. The van der Waals surface area contributed by atoms with Gasteiger partial charge >= 0.3 is 0 Å². The summed E-state index contributed by atoms with van der Waals surface area (Å²) in [7, 11) is -2.72. The van der Waals surface area contributed by atoms with Crippen LogP contribution in [-0.4, -0.2) is 68.6 Å². The number of aryl methyl sites for hydroxylation is 1. The maximum absolute atomic E-state index is 14.6. The third-order valence-corrected chi connectivity index (χ3v) is 9.10. The first kappa shape index (κ1) is 30.1. The highest BCUT2D eigenvalue weighted by Crippen LogP contribution is 2.31. The summed E-state index contributed by atoms with van der Waals surface area (Å²) < 4.78 is 71.0. The summed E-state index contributed by atoms with van der Waals surface area (Å²) in [6.45, 7) is 1.11. The van der Waals surface area contributed by atoms with Crippen LogP contribution in [-0.2, 0) is 21.4 Å². The van der Waals surface area contributed by atoms with E-state index in [1.807, 2.05) is 0 Å². The Morgan fingerprint density at radius 2 is 1.91 bits per heavy atom. The molecule has 2 aromatic heterocycles. The first-order valence-electron chi connectivity index (χ1n) is 14.0. The standard InChI is InChI=1S/C30H29FN4O9S/c1-17-9-27(44-34-17)25-5-6-29(43-25)45(38,39)35-8-7-23-22(15-35)33-28(36)16-41-26-12-19(3-4-24(26)40-2)30(37)32-14-18-10-20(31)13-21(11-18)42-23/h3-6,9-13,22-23H,7-8,14-16H2,1-2H3,(H,32,37)(H,33,36)/t22-,23+/m1/s1. The zero-order valence-corrected chi connectivity index (χ0v) is 25.1. The lowest BCUT2D eigenvalue weighted by molar-refractivity contribution is -0.125. The number of furan rings is 1. The molecule has 0 saturated carbocycles. The molecule has 1 fully saturated rings. The van der Waals surface area contributed by atoms with Crippen molar-refractivity contribution in [3.63, 3.8) is 0 Å². The van der Waals surface area contributed by atoms with Crippen molar-refractivity contribution in [1.29, 1.82) is 0 Å². The molecule has 0 spiro atoms. The fourth-order valence-corrected chi connectivity index (χ4v) is 6.56. The number of hydrogen-bond acceptors (Lipinski definition) is 10. The average molecular weight is 641 g/mol. The van der Waals surface area contributed by atoms with E-state index >= 15 is 0 Å². The largest absolute Gasteiger partial charge is 0.493 e. The van der Waals surface area contributed by atoms with Gasteiger partial charge in [0.2, 0.25) is 10.9 Å². The summed E-state index contributed by atoms with van der Waals surface area (Å²) in [5, 5.41) is 9.03. The van der Waals surface area contributed by atoms with Crippen molar-refractivity contribution >= 4 is 21.8 Å². The molecule has 45 heavy (non-hydrogen) atoms. The normalized spacial score (nSPS) is 19.4. The lowest BCUT2D eigenvalue weighted by Crippen LogP contribution is -2.58. The minimum absolute atomic E-state index is 0.00476. The molecule has 2 aliphatic heterocycles. The van der Waals surface area contributed by atoms with Crippen molar-refractivity contribution in [2.24, 2.45) is 0 Å². The smallest absolute Gasteiger partial charge is 0.276 e. The van der Waals surface area contributed by atoms with Crippen molar-refractivity contribution in [3.05, 3.63) is 77.2 Å². The molecule has 4 bridgehead atoms. The van der Waals surface area contributed by atoms with Crippen molar-refractivity contribution in [2.45, 2.75) is 37.1 Å². The van der Waals surface area contributed by atoms with Crippen molar-refractivity contribution in [2.75, 3.05) is 26.8 Å². The number of nitrogens with one attached hydrogen (secondary N) is 2. The number of fused-ring (bicyclic) bond motifs is 5. The summed E-state index contributed by atoms with van der Waals surface area (Å²) in [6.07, 6.45) is -0.585. The predicted molar refractivity (Wildman–Crippen MR) is 155 cm³/mol. The molecule has 6 rings (SSSR count). The van der Waals surface area contributed by atoms with E-state index in [1.165, 1.54) is 53.9 Å². The molecular weight excluding hydrogens is 611 g/mol. The van der Waals surface area contributed by atoms with Gasteiger partial charge in [0.25, 0.3) is 21.8 Å². The number of carbonyl (C=O) groups excluding carboxylic acids is 2. The highest BCUT2D eigenvalue weighted by atomic mass is 32.2. The third-order valence-electron chi connectivity index (χ3n) is 7.36. The van der Waals surface area contributed by atoms with Crippen molar-refractivity contribution in [1.82, 2.24) is 20.1 Å². The summed E-state index contributed by atoms with van der Waals surface area (Å²) in [5.41, 5.74) is 1.28. The lowest BCUT2D eigenvalue weighted by atomic mass is 10.0. The van der Waals surface area contributed by atoms with E-state index < -0.39 is 46.4 Å². The number of benzene rings is 2. The van der Waals surface area contributed by atoms with Crippen LogP contribution >= 0.6 is 0 Å². The van der Waals surface area contributed by atoms with Gasteiger partial charge < -0.3 is 33.8 Å². The second kappa shape index (κ2) is 12.2. The number of rotatable bonds is 4. The molecule has 0 unspecified atom stereocenters. The quantitative estimate of drug-likeness (QED) is 0.339. The van der Waals surface area contributed by atoms with E-state index in [0.717, 1.165) is 0 Å². The SMILES string of the molecule is COc1ccc2cc1OCC(=O)N[C@@H]1CN(S(=O)(=O)c3ccc(-c4cc(C)no4)o3)CC[C@@H]1Oc1cc(F)cc(c1)CNC2=O. The van der Waals surface area contributed by atoms with Crippen LogP contribution in [0, 0.1) is 12.7 Å². The molecule has 236 valence electrons. The molecule has 4 aromatic rings. The number of methoxy groups -OCH3 is 1. The van der Waals surface area contributed by atoms with Crippen LogP contribution in [0.5, 0.6) is 17.2 Å². The number of ether oxygens (including phenoxy) is 3. The van der Waals surface area contributed by atoms with Gasteiger partial charge in [-0.1, -0.05) is 5.16 Å². The fraction of sp³-hybridized carbons (Fsp3) is 0.300. The number of sulfonamides is 1. The molecule has 2 aromatic carbocycles. The number of carbonyl (C=O) groups is 2. The zero-order chi connectivity index (χ0) is 31.7. The van der Waals surface area contributed by atoms with E-state index in [0.29, 0.717) is 17.0 Å². The van der Waals surface area contributed by atoms with Crippen molar-refractivity contribution < 1.29 is 45.5 Å². The molecule has 2 atom stereocenters. The molecular formula is C30H29FN4O9S. The van der Waals surface area contributed by atoms with Crippen LogP contribution < -0.4 is 24.8 Å². The fourth-order valence-electron chi connectivity index (χ4n) is 5.17. The van der Waals surface area contributed by atoms with Crippen LogP contribution in [0.25, 0.3) is 11.5 Å². The van der Waals surface area contributed by atoms with Gasteiger partial charge in [0.1, 0.15) is 17.7 Å². The number of hydrogen-bond donors (Lipinski definition) is 2. The van der Waals surface area contributed by atoms with Gasteiger partial charge in [-0.05, 0) is 55.0 Å². The number of amides is 2. The monoisotopic (exact) mass is 640 g/mol. The molecule has 0 aliphatic carbocycles. The number of halogens is 1. The van der Waals surface area contributed by atoms with E-state index in [2.05, 4.69) is 15.8 Å². The maximum Gasteiger partial charge on any atom is 0.276 e. The maximum atomic E-state index is 14.6. The topological polar surface area (TPSA) is 162 Å². The van der Waals surface area contributed by atoms with Crippen LogP contribution in [0.1, 0.15) is 28.0 Å². The number of nitrogens with zero attached hydrogens (tertiary/aromatic N) is 2.